The summed E-state index contributed by atoms with van der Waals surface area (Å²) in [6.07, 6.45) is -0.984. The smallest absolute Gasteiger partial charge is 0.290 e. The highest BCUT2D eigenvalue weighted by atomic mass is 19.3. The molecule has 11 heavy (non-hydrogen) atoms. The first-order chi connectivity index (χ1) is 5.11. The van der Waals surface area contributed by atoms with E-state index in [1.165, 1.54) is 0 Å². The van der Waals surface area contributed by atoms with E-state index in [-0.39, 0.29) is 4.90 Å². The van der Waals surface area contributed by atoms with Crippen molar-refractivity contribution in [2.45, 2.75) is 19.0 Å². The van der Waals surface area contributed by atoms with E-state index in [1.807, 2.05) is 0 Å². The van der Waals surface area contributed by atoms with Gasteiger partial charge in [-0.05, 0) is 0 Å². The van der Waals surface area contributed by atoms with Gasteiger partial charge in [-0.2, -0.15) is 8.78 Å². The monoisotopic (exact) mass is 168 g/mol. The Morgan fingerprint density at radius 1 is 1.36 bits per heavy atom. The van der Waals surface area contributed by atoms with Crippen molar-refractivity contribution in [3.8, 4) is 0 Å². The number of aliphatic imine (C=N–C) groups is 1. The quantitative estimate of drug-likeness (QED) is 0.447. The van der Waals surface area contributed by atoms with Crippen molar-refractivity contribution < 1.29 is 17.6 Å². The van der Waals surface area contributed by atoms with E-state index < -0.39 is 19.0 Å². The third-order valence-corrected chi connectivity index (χ3v) is 1.10. The van der Waals surface area contributed by atoms with Crippen molar-refractivity contribution in [1.82, 2.24) is 4.90 Å². The van der Waals surface area contributed by atoms with Gasteiger partial charge in [0, 0.05) is 0 Å². The van der Waals surface area contributed by atoms with Crippen LogP contribution in [0.1, 0.15) is 0 Å². The van der Waals surface area contributed by atoms with Crippen molar-refractivity contribution in [2.24, 2.45) is 4.99 Å². The predicted octanol–water partition coefficient (Wildman–Crippen LogP) is 1.23. The van der Waals surface area contributed by atoms with Crippen LogP contribution in [0.4, 0.5) is 17.6 Å². The van der Waals surface area contributed by atoms with Crippen LogP contribution in [0, 0.1) is 6.54 Å². The molecule has 0 fully saturated rings. The van der Waals surface area contributed by atoms with E-state index in [0.717, 1.165) is 0 Å². The summed E-state index contributed by atoms with van der Waals surface area (Å²) in [7, 11) is 0. The highest BCUT2D eigenvalue weighted by Gasteiger charge is 2.30. The lowest BCUT2D eigenvalue weighted by atomic mass is 10.3. The number of hydrogen-bond donors (Lipinski definition) is 0. The van der Waals surface area contributed by atoms with Crippen LogP contribution < -0.4 is 0 Å². The van der Waals surface area contributed by atoms with Crippen LogP contribution >= 0.6 is 0 Å². The standard InChI is InChI=1S/C5H4F4N2/c6-4(7)3-1-11(2-10-3)5(8)9/h1,3-5H. The summed E-state index contributed by atoms with van der Waals surface area (Å²) in [5.41, 5.74) is 0. The zero-order valence-electron chi connectivity index (χ0n) is 5.22. The van der Waals surface area contributed by atoms with E-state index in [9.17, 15) is 17.6 Å². The maximum Gasteiger partial charge on any atom is 0.316 e. The molecule has 0 bridgehead atoms. The summed E-state index contributed by atoms with van der Waals surface area (Å²) in [6, 6.07) is -1.47. The average Bonchev–Trinajstić information content (AvgIpc) is 2.33. The molecule has 2 nitrogen and oxygen atoms in total. The summed E-state index contributed by atoms with van der Waals surface area (Å²) in [6.45, 7) is -2.20. The first kappa shape index (κ1) is 8.29. The predicted molar refractivity (Wildman–Crippen MR) is 29.4 cm³/mol. The molecule has 0 N–H and O–H groups in total. The maximum atomic E-state index is 11.7. The molecule has 0 amide bonds. The highest BCUT2D eigenvalue weighted by Crippen LogP contribution is 2.18. The number of alkyl halides is 4. The Morgan fingerprint density at radius 2 is 2.00 bits per heavy atom. The molecule has 0 saturated carbocycles. The Hall–Kier alpha value is -0.810. The minimum atomic E-state index is -2.84. The largest absolute Gasteiger partial charge is 0.316 e. The van der Waals surface area contributed by atoms with Crippen LogP contribution in [0.15, 0.2) is 4.99 Å². The molecule has 62 valence electrons. The normalized spacial score (nSPS) is 24.2. The minimum Gasteiger partial charge on any atom is -0.290 e. The first-order valence-electron chi connectivity index (χ1n) is 2.76. The van der Waals surface area contributed by atoms with E-state index in [0.29, 0.717) is 6.54 Å². The molecule has 0 aliphatic carbocycles. The van der Waals surface area contributed by atoms with Crippen LogP contribution in [-0.2, 0) is 0 Å². The first-order valence-corrected chi connectivity index (χ1v) is 2.76. The number of halogens is 4. The zero-order chi connectivity index (χ0) is 8.43. The molecule has 1 unspecified atom stereocenters. The van der Waals surface area contributed by atoms with Crippen LogP contribution in [0.25, 0.3) is 0 Å². The summed E-state index contributed by atoms with van der Waals surface area (Å²) >= 11 is 0. The molecule has 1 rings (SSSR count). The van der Waals surface area contributed by atoms with Gasteiger partial charge in [0.15, 0.2) is 6.34 Å². The molecular weight excluding hydrogens is 164 g/mol. The molecule has 0 spiro atoms. The van der Waals surface area contributed by atoms with Gasteiger partial charge in [-0.1, -0.05) is 0 Å². The van der Waals surface area contributed by atoms with Gasteiger partial charge >= 0.3 is 6.55 Å². The van der Waals surface area contributed by atoms with Crippen molar-refractivity contribution in [1.29, 1.82) is 0 Å². The molecule has 1 aliphatic rings. The van der Waals surface area contributed by atoms with Crippen LogP contribution in [0.2, 0.25) is 0 Å². The molecule has 0 aromatic rings. The van der Waals surface area contributed by atoms with Crippen LogP contribution in [-0.4, -0.2) is 30.3 Å². The Bertz CT molecular complexity index is 143. The number of nitrogens with zero attached hydrogens (tertiary/aromatic N) is 2. The summed E-state index contributed by atoms with van der Waals surface area (Å²) in [4.78, 5) is 3.26. The fraction of sp³-hybridized carbons (Fsp3) is 0.600. The Morgan fingerprint density at radius 3 is 2.27 bits per heavy atom. The molecule has 6 heteroatoms. The van der Waals surface area contributed by atoms with Crippen LogP contribution in [0.5, 0.6) is 0 Å². The van der Waals surface area contributed by atoms with E-state index in [1.54, 1.807) is 6.34 Å². The van der Waals surface area contributed by atoms with Crippen LogP contribution in [0.3, 0.4) is 0 Å². The summed E-state index contributed by atoms with van der Waals surface area (Å²) < 4.78 is 46.9. The van der Waals surface area contributed by atoms with Gasteiger partial charge < -0.3 is 0 Å². The maximum absolute atomic E-state index is 11.7. The lowest BCUT2D eigenvalue weighted by molar-refractivity contribution is 0.0360. The van der Waals surface area contributed by atoms with Gasteiger partial charge in [-0.15, -0.1) is 0 Å². The van der Waals surface area contributed by atoms with Crippen molar-refractivity contribution >= 4 is 6.34 Å². The second-order valence-corrected chi connectivity index (χ2v) is 1.89. The van der Waals surface area contributed by atoms with Crippen molar-refractivity contribution in [3.05, 3.63) is 6.54 Å². The van der Waals surface area contributed by atoms with Gasteiger partial charge in [-0.25, -0.2) is 8.78 Å². The molecule has 0 aromatic carbocycles. The zero-order valence-corrected chi connectivity index (χ0v) is 5.22. The van der Waals surface area contributed by atoms with Crippen molar-refractivity contribution in [3.63, 3.8) is 0 Å². The van der Waals surface area contributed by atoms with Gasteiger partial charge in [0.05, 0.1) is 6.54 Å². The molecule has 1 atom stereocenters. The Kier molecular flexibility index (Phi) is 2.31. The molecular formula is C5H4F4N2. The van der Waals surface area contributed by atoms with Gasteiger partial charge in [0.2, 0.25) is 0 Å². The van der Waals surface area contributed by atoms with Gasteiger partial charge in [-0.3, -0.25) is 9.89 Å². The number of hydrogen-bond acceptors (Lipinski definition) is 2. The van der Waals surface area contributed by atoms with Gasteiger partial charge in [0.1, 0.15) is 6.04 Å². The van der Waals surface area contributed by atoms with Crippen molar-refractivity contribution in [2.75, 3.05) is 0 Å². The second kappa shape index (κ2) is 3.06. The third-order valence-electron chi connectivity index (χ3n) is 1.10. The van der Waals surface area contributed by atoms with E-state index in [2.05, 4.69) is 4.99 Å². The molecule has 0 aromatic heterocycles. The number of rotatable bonds is 2. The minimum absolute atomic E-state index is 0.233. The lowest BCUT2D eigenvalue weighted by Gasteiger charge is -2.12. The SMILES string of the molecule is FC(F)C1[CH]N(C(F)F)[C]=N1. The van der Waals surface area contributed by atoms with E-state index >= 15 is 0 Å². The molecule has 1 heterocycles. The Labute approximate surface area is 60.5 Å². The molecule has 1 aliphatic heterocycles. The van der Waals surface area contributed by atoms with Gasteiger partial charge in [0.25, 0.3) is 6.43 Å². The lowest BCUT2D eigenvalue weighted by Crippen LogP contribution is -2.25. The fourth-order valence-corrected chi connectivity index (χ4v) is 0.595. The summed E-state index contributed by atoms with van der Waals surface area (Å²) in [5, 5.41) is 0. The summed E-state index contributed by atoms with van der Waals surface area (Å²) in [5.74, 6) is 0. The fourth-order valence-electron chi connectivity index (χ4n) is 0.595. The third kappa shape index (κ3) is 1.81. The van der Waals surface area contributed by atoms with E-state index in [4.69, 9.17) is 0 Å². The average molecular weight is 168 g/mol. The molecule has 0 saturated heterocycles. The highest BCUT2D eigenvalue weighted by molar-refractivity contribution is 5.59. The molecule has 2 radical (unpaired) electrons. The topological polar surface area (TPSA) is 15.6 Å². The second-order valence-electron chi connectivity index (χ2n) is 1.89. The Balaban J connectivity index is 2.43.